The summed E-state index contributed by atoms with van der Waals surface area (Å²) >= 11 is 6.19. The maximum atomic E-state index is 6.19. The predicted molar refractivity (Wildman–Crippen MR) is 76.8 cm³/mol. The Morgan fingerprint density at radius 3 is 2.44 bits per heavy atom. The molecule has 1 N–H and O–H groups in total. The highest BCUT2D eigenvalue weighted by atomic mass is 35.5. The van der Waals surface area contributed by atoms with Gasteiger partial charge in [0.05, 0.1) is 7.11 Å². The van der Waals surface area contributed by atoms with Crippen molar-refractivity contribution in [1.29, 1.82) is 0 Å². The van der Waals surface area contributed by atoms with Crippen LogP contribution in [-0.2, 0) is 0 Å². The molecule has 100 valence electrons. The molecule has 0 saturated heterocycles. The van der Waals surface area contributed by atoms with Crippen molar-refractivity contribution in [2.75, 3.05) is 14.2 Å². The minimum absolute atomic E-state index is 0.585. The third-order valence-corrected chi connectivity index (χ3v) is 4.27. The molecule has 18 heavy (non-hydrogen) atoms. The topological polar surface area (TPSA) is 21.3 Å². The van der Waals surface area contributed by atoms with Gasteiger partial charge in [-0.25, -0.2) is 0 Å². The fraction of sp³-hybridized carbons (Fsp3) is 0.600. The van der Waals surface area contributed by atoms with Crippen LogP contribution in [0.15, 0.2) is 12.1 Å². The number of rotatable bonds is 3. The van der Waals surface area contributed by atoms with E-state index in [0.29, 0.717) is 12.0 Å². The van der Waals surface area contributed by atoms with Crippen LogP contribution in [0.25, 0.3) is 0 Å². The van der Waals surface area contributed by atoms with Gasteiger partial charge in [0.1, 0.15) is 5.75 Å². The van der Waals surface area contributed by atoms with Crippen molar-refractivity contribution in [3.05, 3.63) is 28.3 Å². The molecular formula is C15H22ClNO. The third kappa shape index (κ3) is 2.81. The zero-order valence-corrected chi connectivity index (χ0v) is 12.2. The Morgan fingerprint density at radius 1 is 1.22 bits per heavy atom. The van der Waals surface area contributed by atoms with Crippen molar-refractivity contribution < 1.29 is 4.74 Å². The second-order valence-corrected chi connectivity index (χ2v) is 5.62. The lowest BCUT2D eigenvalue weighted by Gasteiger charge is -2.29. The molecule has 1 aliphatic rings. The van der Waals surface area contributed by atoms with Crippen molar-refractivity contribution >= 4 is 11.6 Å². The molecule has 0 bridgehead atoms. The smallest absolute Gasteiger partial charge is 0.125 e. The molecule has 0 atom stereocenters. The maximum absolute atomic E-state index is 6.19. The van der Waals surface area contributed by atoms with Gasteiger partial charge in [0.2, 0.25) is 0 Å². The van der Waals surface area contributed by atoms with E-state index in [0.717, 1.165) is 16.3 Å². The predicted octanol–water partition coefficient (Wildman–Crippen LogP) is 3.90. The molecule has 0 radical (unpaired) electrons. The van der Waals surface area contributed by atoms with E-state index < -0.39 is 0 Å². The normalized spacial score (nSPS) is 24.0. The molecule has 2 nitrogen and oxygen atoms in total. The molecule has 0 spiro atoms. The Hall–Kier alpha value is -0.730. The summed E-state index contributed by atoms with van der Waals surface area (Å²) in [6.07, 6.45) is 4.88. The van der Waals surface area contributed by atoms with Crippen LogP contribution in [0.5, 0.6) is 5.75 Å². The summed E-state index contributed by atoms with van der Waals surface area (Å²) in [5.41, 5.74) is 2.42. The zero-order chi connectivity index (χ0) is 13.1. The average Bonchev–Trinajstić information content (AvgIpc) is 2.38. The van der Waals surface area contributed by atoms with E-state index in [9.17, 15) is 0 Å². The first-order valence-electron chi connectivity index (χ1n) is 6.67. The highest BCUT2D eigenvalue weighted by Crippen LogP contribution is 2.40. The van der Waals surface area contributed by atoms with Crippen molar-refractivity contribution in [2.24, 2.45) is 0 Å². The van der Waals surface area contributed by atoms with Crippen molar-refractivity contribution in [2.45, 2.75) is 44.6 Å². The highest BCUT2D eigenvalue weighted by Gasteiger charge is 2.24. The summed E-state index contributed by atoms with van der Waals surface area (Å²) in [5, 5.41) is 4.19. The van der Waals surface area contributed by atoms with Gasteiger partial charge in [0.15, 0.2) is 0 Å². The van der Waals surface area contributed by atoms with Gasteiger partial charge in [-0.15, -0.1) is 0 Å². The minimum atomic E-state index is 0.585. The monoisotopic (exact) mass is 267 g/mol. The van der Waals surface area contributed by atoms with Gasteiger partial charge in [0, 0.05) is 11.1 Å². The lowest BCUT2D eigenvalue weighted by Crippen LogP contribution is -2.29. The van der Waals surface area contributed by atoms with Crippen LogP contribution >= 0.6 is 11.6 Å². The molecule has 1 fully saturated rings. The van der Waals surface area contributed by atoms with Crippen LogP contribution in [0.4, 0.5) is 0 Å². The maximum Gasteiger partial charge on any atom is 0.125 e. The first kappa shape index (κ1) is 13.7. The van der Waals surface area contributed by atoms with E-state index in [2.05, 4.69) is 25.4 Å². The van der Waals surface area contributed by atoms with Crippen LogP contribution in [0.1, 0.15) is 42.7 Å². The van der Waals surface area contributed by atoms with Gasteiger partial charge < -0.3 is 10.1 Å². The van der Waals surface area contributed by atoms with Crippen LogP contribution in [0.3, 0.4) is 0 Å². The summed E-state index contributed by atoms with van der Waals surface area (Å²) in [7, 11) is 3.80. The molecular weight excluding hydrogens is 246 g/mol. The molecule has 1 aromatic rings. The largest absolute Gasteiger partial charge is 0.496 e. The van der Waals surface area contributed by atoms with E-state index in [4.69, 9.17) is 16.3 Å². The molecule has 0 heterocycles. The van der Waals surface area contributed by atoms with Gasteiger partial charge in [-0.3, -0.25) is 0 Å². The Bertz CT molecular complexity index is 411. The van der Waals surface area contributed by atoms with Crippen molar-refractivity contribution in [1.82, 2.24) is 5.32 Å². The quantitative estimate of drug-likeness (QED) is 0.897. The van der Waals surface area contributed by atoms with Crippen LogP contribution < -0.4 is 10.1 Å². The molecule has 1 saturated carbocycles. The second-order valence-electron chi connectivity index (χ2n) is 5.18. The van der Waals surface area contributed by atoms with Gasteiger partial charge in [-0.1, -0.05) is 11.6 Å². The Labute approximate surface area is 115 Å². The van der Waals surface area contributed by atoms with Gasteiger partial charge in [-0.05, 0) is 68.8 Å². The van der Waals surface area contributed by atoms with E-state index >= 15 is 0 Å². The summed E-state index contributed by atoms with van der Waals surface area (Å²) in [6, 6.07) is 4.73. The molecule has 2 rings (SSSR count). The highest BCUT2D eigenvalue weighted by molar-refractivity contribution is 6.30. The number of hydrogen-bond acceptors (Lipinski definition) is 2. The second kappa shape index (κ2) is 5.94. The fourth-order valence-corrected chi connectivity index (χ4v) is 3.31. The van der Waals surface area contributed by atoms with Gasteiger partial charge in [-0.2, -0.15) is 0 Å². The molecule has 0 unspecified atom stereocenters. The zero-order valence-electron chi connectivity index (χ0n) is 11.4. The number of hydrogen-bond donors (Lipinski definition) is 1. The first-order chi connectivity index (χ1) is 8.65. The van der Waals surface area contributed by atoms with Gasteiger partial charge in [0.25, 0.3) is 0 Å². The Balaban J connectivity index is 2.23. The number of halogens is 1. The van der Waals surface area contributed by atoms with Gasteiger partial charge >= 0.3 is 0 Å². The molecule has 0 aromatic heterocycles. The Kier molecular flexibility index (Phi) is 4.52. The Morgan fingerprint density at radius 2 is 1.89 bits per heavy atom. The summed E-state index contributed by atoms with van der Waals surface area (Å²) in [5.74, 6) is 1.61. The average molecular weight is 268 g/mol. The lowest BCUT2D eigenvalue weighted by atomic mass is 9.81. The minimum Gasteiger partial charge on any atom is -0.496 e. The summed E-state index contributed by atoms with van der Waals surface area (Å²) in [4.78, 5) is 0. The summed E-state index contributed by atoms with van der Waals surface area (Å²) in [6.45, 7) is 2.06. The van der Waals surface area contributed by atoms with Crippen molar-refractivity contribution in [3.8, 4) is 5.75 Å². The number of benzene rings is 1. The number of nitrogens with one attached hydrogen (secondary N) is 1. The van der Waals surface area contributed by atoms with E-state index in [1.54, 1.807) is 7.11 Å². The van der Waals surface area contributed by atoms with E-state index in [-0.39, 0.29) is 0 Å². The van der Waals surface area contributed by atoms with Crippen LogP contribution in [0, 0.1) is 6.92 Å². The van der Waals surface area contributed by atoms with Crippen LogP contribution in [0.2, 0.25) is 5.02 Å². The van der Waals surface area contributed by atoms with Crippen molar-refractivity contribution in [3.63, 3.8) is 0 Å². The molecule has 0 amide bonds. The third-order valence-electron chi connectivity index (χ3n) is 4.05. The number of methoxy groups -OCH3 is 1. The fourth-order valence-electron chi connectivity index (χ4n) is 3.03. The molecule has 1 aromatic carbocycles. The lowest BCUT2D eigenvalue weighted by molar-refractivity contribution is 0.345. The van der Waals surface area contributed by atoms with E-state index in [1.165, 1.54) is 31.2 Å². The molecule has 3 heteroatoms. The van der Waals surface area contributed by atoms with E-state index in [1.807, 2.05) is 6.07 Å². The van der Waals surface area contributed by atoms with Crippen LogP contribution in [-0.4, -0.2) is 20.2 Å². The summed E-state index contributed by atoms with van der Waals surface area (Å²) < 4.78 is 5.56. The number of ether oxygens (including phenoxy) is 1. The first-order valence-corrected chi connectivity index (χ1v) is 7.04. The molecule has 0 aliphatic heterocycles. The standard InChI is InChI=1S/C15H22ClNO/c1-10-8-12(16)9-14(15(10)18-3)11-4-6-13(17-2)7-5-11/h8-9,11,13,17H,4-7H2,1-3H3. The number of aryl methyl sites for hydroxylation is 1. The SMILES string of the molecule is CNC1CCC(c2cc(Cl)cc(C)c2OC)CC1. The molecule has 1 aliphatic carbocycles.